The van der Waals surface area contributed by atoms with Gasteiger partial charge in [-0.1, -0.05) is 73.5 Å². The summed E-state index contributed by atoms with van der Waals surface area (Å²) in [6.07, 6.45) is 9.98. The second kappa shape index (κ2) is 12.6. The molecule has 43 heavy (non-hydrogen) atoms. The Morgan fingerprint density at radius 2 is 1.88 bits per heavy atom. The SMILES string of the molecule is O=C1N[C@]2(C(=O)O)C[C@H]2/C=C\CCCCC[C@H](NCc2ccccc2)C(=O)N2C[C@H](Oc3nccc4ccccc34)C[C@@H]12. The molecule has 3 N–H and O–H groups in total. The minimum absolute atomic E-state index is 0.169. The third-order valence-corrected chi connectivity index (χ3v) is 8.93. The molecule has 0 radical (unpaired) electrons. The zero-order valence-corrected chi connectivity index (χ0v) is 24.2. The van der Waals surface area contributed by atoms with Crippen molar-refractivity contribution >= 4 is 28.6 Å². The number of nitrogens with zero attached hydrogens (tertiary/aromatic N) is 2. The van der Waals surface area contributed by atoms with Gasteiger partial charge in [-0.05, 0) is 48.8 Å². The lowest BCUT2D eigenvalue weighted by atomic mass is 10.0. The minimum Gasteiger partial charge on any atom is -0.479 e. The lowest BCUT2D eigenvalue weighted by Gasteiger charge is -2.29. The van der Waals surface area contributed by atoms with Crippen molar-refractivity contribution in [3.8, 4) is 5.88 Å². The van der Waals surface area contributed by atoms with E-state index in [-0.39, 0.29) is 24.8 Å². The number of carbonyl (C=O) groups is 3. The summed E-state index contributed by atoms with van der Waals surface area (Å²) in [5.41, 5.74) is -0.276. The van der Waals surface area contributed by atoms with Crippen molar-refractivity contribution in [3.05, 3.63) is 84.6 Å². The first-order chi connectivity index (χ1) is 20.9. The average molecular weight is 583 g/mol. The standard InChI is InChI=1S/C34H38N4O5/c39-30-29-19-26(43-31-27-15-10-9-13-24(27)17-18-35-31)22-38(29)32(40)28(36-21-23-11-5-4-6-12-23)16-8-3-1-2-7-14-25-20-34(25,37-30)33(41)42/h4-7,9-15,17-18,25-26,28-29,36H,1-3,8,16,19-22H2,(H,37,39)(H,41,42)/b14-7-/t25-,26-,28+,29+,34-/m1/s1. The number of hydrogen-bond donors (Lipinski definition) is 3. The Morgan fingerprint density at radius 1 is 1.07 bits per heavy atom. The van der Waals surface area contributed by atoms with Gasteiger partial charge in [0.25, 0.3) is 0 Å². The molecule has 9 nitrogen and oxygen atoms in total. The van der Waals surface area contributed by atoms with Crippen molar-refractivity contribution in [2.75, 3.05) is 6.54 Å². The molecule has 1 saturated carbocycles. The van der Waals surface area contributed by atoms with E-state index in [0.29, 0.717) is 25.3 Å². The Labute approximate surface area is 251 Å². The van der Waals surface area contributed by atoms with E-state index in [9.17, 15) is 19.5 Å². The fourth-order valence-electron chi connectivity index (χ4n) is 6.38. The quantitative estimate of drug-likeness (QED) is 0.372. The summed E-state index contributed by atoms with van der Waals surface area (Å²) in [5, 5.41) is 18.2. The molecular weight excluding hydrogens is 544 g/mol. The number of carboxylic acids is 1. The van der Waals surface area contributed by atoms with Crippen LogP contribution in [0.5, 0.6) is 5.88 Å². The predicted octanol–water partition coefficient (Wildman–Crippen LogP) is 4.22. The van der Waals surface area contributed by atoms with Crippen LogP contribution in [0, 0.1) is 5.92 Å². The van der Waals surface area contributed by atoms with E-state index in [2.05, 4.69) is 15.6 Å². The van der Waals surface area contributed by atoms with Gasteiger partial charge in [-0.3, -0.25) is 9.59 Å². The van der Waals surface area contributed by atoms with Crippen LogP contribution in [0.25, 0.3) is 10.8 Å². The maximum Gasteiger partial charge on any atom is 0.330 e. The van der Waals surface area contributed by atoms with Gasteiger partial charge in [-0.15, -0.1) is 0 Å². The molecule has 1 aromatic heterocycles. The molecule has 0 bridgehead atoms. The van der Waals surface area contributed by atoms with Crippen LogP contribution in [0.1, 0.15) is 50.5 Å². The number of nitrogens with one attached hydrogen (secondary N) is 2. The summed E-state index contributed by atoms with van der Waals surface area (Å²) in [6, 6.07) is 18.3. The summed E-state index contributed by atoms with van der Waals surface area (Å²) < 4.78 is 6.37. The number of carbonyl (C=O) groups excluding carboxylic acids is 2. The van der Waals surface area contributed by atoms with Crippen LogP contribution in [0.15, 0.2) is 79.0 Å². The smallest absolute Gasteiger partial charge is 0.330 e. The Kier molecular flexibility index (Phi) is 8.42. The van der Waals surface area contributed by atoms with Gasteiger partial charge in [-0.25, -0.2) is 9.78 Å². The first-order valence-corrected chi connectivity index (χ1v) is 15.2. The number of hydrogen-bond acceptors (Lipinski definition) is 6. The molecule has 2 amide bonds. The van der Waals surface area contributed by atoms with Gasteiger partial charge < -0.3 is 25.4 Å². The number of amides is 2. The van der Waals surface area contributed by atoms with E-state index in [4.69, 9.17) is 4.74 Å². The summed E-state index contributed by atoms with van der Waals surface area (Å²) >= 11 is 0. The normalized spacial score (nSPS) is 28.6. The third-order valence-electron chi connectivity index (χ3n) is 8.93. The zero-order valence-electron chi connectivity index (χ0n) is 24.2. The van der Waals surface area contributed by atoms with Crippen LogP contribution in [0.3, 0.4) is 0 Å². The number of pyridine rings is 1. The zero-order chi connectivity index (χ0) is 29.8. The monoisotopic (exact) mass is 582 g/mol. The molecule has 1 aliphatic carbocycles. The summed E-state index contributed by atoms with van der Waals surface area (Å²) in [6.45, 7) is 0.725. The molecule has 6 rings (SSSR count). The summed E-state index contributed by atoms with van der Waals surface area (Å²) in [5.74, 6) is -1.49. The molecule has 3 heterocycles. The number of rotatable bonds is 6. The van der Waals surface area contributed by atoms with Crippen LogP contribution >= 0.6 is 0 Å². The van der Waals surface area contributed by atoms with Gasteiger partial charge in [0.15, 0.2) is 0 Å². The average Bonchev–Trinajstić information content (AvgIpc) is 3.55. The highest BCUT2D eigenvalue weighted by Crippen LogP contribution is 2.45. The van der Waals surface area contributed by atoms with Crippen molar-refractivity contribution in [2.24, 2.45) is 5.92 Å². The van der Waals surface area contributed by atoms with Gasteiger partial charge >= 0.3 is 5.97 Å². The number of aromatic nitrogens is 1. The van der Waals surface area contributed by atoms with E-state index < -0.39 is 35.6 Å². The van der Waals surface area contributed by atoms with Crippen LogP contribution in [-0.2, 0) is 20.9 Å². The van der Waals surface area contributed by atoms with Crippen LogP contribution < -0.4 is 15.4 Å². The Balaban J connectivity index is 1.28. The molecule has 2 aliphatic heterocycles. The lowest BCUT2D eigenvalue weighted by Crippen LogP contribution is -2.55. The topological polar surface area (TPSA) is 121 Å². The number of fused-ring (bicyclic) bond motifs is 3. The van der Waals surface area contributed by atoms with Gasteiger partial charge in [0.2, 0.25) is 17.7 Å². The Morgan fingerprint density at radius 3 is 2.72 bits per heavy atom. The first kappa shape index (κ1) is 28.9. The highest BCUT2D eigenvalue weighted by Gasteiger charge is 2.61. The van der Waals surface area contributed by atoms with Crippen LogP contribution in [0.4, 0.5) is 0 Å². The maximum atomic E-state index is 14.2. The Hall–Kier alpha value is -4.24. The van der Waals surface area contributed by atoms with Crippen molar-refractivity contribution in [2.45, 2.75) is 75.2 Å². The molecule has 0 unspecified atom stereocenters. The summed E-state index contributed by atoms with van der Waals surface area (Å²) in [4.78, 5) is 46.5. The van der Waals surface area contributed by atoms with Crippen LogP contribution in [-0.4, -0.2) is 63.0 Å². The highest BCUT2D eigenvalue weighted by molar-refractivity contribution is 5.95. The van der Waals surface area contributed by atoms with Gasteiger partial charge in [0.05, 0.1) is 12.6 Å². The second-order valence-corrected chi connectivity index (χ2v) is 11.9. The van der Waals surface area contributed by atoms with Gasteiger partial charge in [0.1, 0.15) is 17.7 Å². The molecule has 2 fully saturated rings. The molecule has 3 aliphatic rings. The Bertz CT molecular complexity index is 1510. The molecule has 5 atom stereocenters. The second-order valence-electron chi connectivity index (χ2n) is 11.9. The molecule has 9 heteroatoms. The van der Waals surface area contributed by atoms with Crippen molar-refractivity contribution in [3.63, 3.8) is 0 Å². The lowest BCUT2D eigenvalue weighted by molar-refractivity contribution is -0.145. The van der Waals surface area contributed by atoms with E-state index in [1.807, 2.05) is 72.8 Å². The fraction of sp³-hybridized carbons (Fsp3) is 0.412. The number of aliphatic carboxylic acids is 1. The van der Waals surface area contributed by atoms with Gasteiger partial charge in [0, 0.05) is 30.5 Å². The maximum absolute atomic E-state index is 14.2. The molecule has 224 valence electrons. The number of ether oxygens (including phenoxy) is 1. The summed E-state index contributed by atoms with van der Waals surface area (Å²) in [7, 11) is 0. The van der Waals surface area contributed by atoms with Crippen molar-refractivity contribution in [1.82, 2.24) is 20.5 Å². The van der Waals surface area contributed by atoms with E-state index >= 15 is 0 Å². The molecule has 2 aromatic carbocycles. The minimum atomic E-state index is -1.34. The van der Waals surface area contributed by atoms with Crippen LogP contribution in [0.2, 0.25) is 0 Å². The highest BCUT2D eigenvalue weighted by atomic mass is 16.5. The predicted molar refractivity (Wildman–Crippen MR) is 162 cm³/mol. The molecule has 3 aromatic rings. The first-order valence-electron chi connectivity index (χ1n) is 15.2. The molecule has 1 saturated heterocycles. The van der Waals surface area contributed by atoms with Crippen molar-refractivity contribution in [1.29, 1.82) is 0 Å². The largest absolute Gasteiger partial charge is 0.479 e. The fourth-order valence-corrected chi connectivity index (χ4v) is 6.38. The molecule has 0 spiro atoms. The van der Waals surface area contributed by atoms with E-state index in [0.717, 1.165) is 42.0 Å². The van der Waals surface area contributed by atoms with E-state index in [1.54, 1.807) is 11.1 Å². The number of carboxylic acid groups (broad SMARTS) is 1. The number of benzene rings is 2. The van der Waals surface area contributed by atoms with E-state index in [1.165, 1.54) is 0 Å². The number of allylic oxidation sites excluding steroid dienone is 1. The molecular formula is C34H38N4O5. The van der Waals surface area contributed by atoms with Gasteiger partial charge in [-0.2, -0.15) is 0 Å². The van der Waals surface area contributed by atoms with Crippen molar-refractivity contribution < 1.29 is 24.2 Å². The third kappa shape index (κ3) is 6.27.